The van der Waals surface area contributed by atoms with Gasteiger partial charge >= 0.3 is 0 Å². The number of ether oxygens (including phenoxy) is 4. The van der Waals surface area contributed by atoms with E-state index in [4.69, 9.17) is 18.9 Å². The molecule has 5 nitrogen and oxygen atoms in total. The lowest BCUT2D eigenvalue weighted by Crippen LogP contribution is -2.04. The summed E-state index contributed by atoms with van der Waals surface area (Å²) in [7, 11) is 0. The van der Waals surface area contributed by atoms with Crippen LogP contribution in [-0.4, -0.2) is 13.4 Å². The number of aryl methyl sites for hydroxylation is 1. The van der Waals surface area contributed by atoms with Crippen molar-refractivity contribution in [1.29, 1.82) is 0 Å². The molecule has 0 saturated carbocycles. The third-order valence-electron chi connectivity index (χ3n) is 4.78. The Morgan fingerprint density at radius 2 is 1.70 bits per heavy atom. The number of halogens is 1. The molecular formula is C24H24BrNO4. The molecule has 0 aromatic heterocycles. The highest BCUT2D eigenvalue weighted by Gasteiger charge is 2.14. The van der Waals surface area contributed by atoms with Crippen LogP contribution in [0.3, 0.4) is 0 Å². The first-order valence-corrected chi connectivity index (χ1v) is 10.7. The predicted octanol–water partition coefficient (Wildman–Crippen LogP) is 6.08. The first-order chi connectivity index (χ1) is 14.6. The quantitative estimate of drug-likeness (QED) is 0.433. The van der Waals surface area contributed by atoms with E-state index in [1.807, 2.05) is 37.3 Å². The van der Waals surface area contributed by atoms with Crippen LogP contribution in [0.5, 0.6) is 23.0 Å². The van der Waals surface area contributed by atoms with Gasteiger partial charge in [0.1, 0.15) is 6.61 Å². The van der Waals surface area contributed by atoms with Gasteiger partial charge in [-0.3, -0.25) is 0 Å². The molecule has 1 N–H and O–H groups in total. The molecular weight excluding hydrogens is 446 g/mol. The van der Waals surface area contributed by atoms with Gasteiger partial charge in [0.05, 0.1) is 6.61 Å². The fourth-order valence-electron chi connectivity index (χ4n) is 3.14. The van der Waals surface area contributed by atoms with Gasteiger partial charge in [-0.15, -0.1) is 0 Å². The standard InChI is InChI=1S/C24H24BrNO4/c1-3-27-22-10-18(13-26-19-8-9-21-23(11-19)30-15-29-21)20(25)12-24(22)28-14-17-6-4-16(2)5-7-17/h4-12,26H,3,13-15H2,1-2H3. The van der Waals surface area contributed by atoms with E-state index in [0.29, 0.717) is 19.8 Å². The lowest BCUT2D eigenvalue weighted by Gasteiger charge is -2.16. The molecule has 0 bridgehead atoms. The van der Waals surface area contributed by atoms with Gasteiger partial charge in [0.2, 0.25) is 6.79 Å². The van der Waals surface area contributed by atoms with Crippen molar-refractivity contribution in [3.05, 3.63) is 75.8 Å². The van der Waals surface area contributed by atoms with Crippen LogP contribution < -0.4 is 24.3 Å². The van der Waals surface area contributed by atoms with Crippen molar-refractivity contribution < 1.29 is 18.9 Å². The minimum Gasteiger partial charge on any atom is -0.490 e. The monoisotopic (exact) mass is 469 g/mol. The van der Waals surface area contributed by atoms with E-state index in [1.165, 1.54) is 5.56 Å². The van der Waals surface area contributed by atoms with Crippen molar-refractivity contribution in [3.8, 4) is 23.0 Å². The highest BCUT2D eigenvalue weighted by molar-refractivity contribution is 9.10. The normalized spacial score (nSPS) is 12.0. The summed E-state index contributed by atoms with van der Waals surface area (Å²) in [5.41, 5.74) is 4.38. The average molecular weight is 470 g/mol. The largest absolute Gasteiger partial charge is 0.490 e. The molecule has 30 heavy (non-hydrogen) atoms. The average Bonchev–Trinajstić information content (AvgIpc) is 3.22. The van der Waals surface area contributed by atoms with Crippen LogP contribution >= 0.6 is 15.9 Å². The molecule has 1 aliphatic rings. The minimum atomic E-state index is 0.270. The van der Waals surface area contributed by atoms with E-state index in [0.717, 1.165) is 44.3 Å². The Hall–Kier alpha value is -2.86. The number of hydrogen-bond donors (Lipinski definition) is 1. The summed E-state index contributed by atoms with van der Waals surface area (Å²) in [5, 5.41) is 3.42. The third kappa shape index (κ3) is 4.82. The molecule has 4 rings (SSSR count). The zero-order chi connectivity index (χ0) is 20.9. The molecule has 0 radical (unpaired) electrons. The molecule has 1 heterocycles. The first kappa shape index (κ1) is 20.4. The van der Waals surface area contributed by atoms with Crippen LogP contribution in [0.2, 0.25) is 0 Å². The van der Waals surface area contributed by atoms with Crippen molar-refractivity contribution in [2.75, 3.05) is 18.7 Å². The van der Waals surface area contributed by atoms with Gasteiger partial charge in [-0.05, 0) is 49.2 Å². The molecule has 0 spiro atoms. The van der Waals surface area contributed by atoms with Gasteiger partial charge in [-0.25, -0.2) is 0 Å². The fourth-order valence-corrected chi connectivity index (χ4v) is 3.61. The number of nitrogens with one attached hydrogen (secondary N) is 1. The maximum atomic E-state index is 6.06. The van der Waals surface area contributed by atoms with Crippen LogP contribution in [0.1, 0.15) is 23.6 Å². The van der Waals surface area contributed by atoms with Crippen molar-refractivity contribution >= 4 is 21.6 Å². The molecule has 156 valence electrons. The van der Waals surface area contributed by atoms with E-state index in [2.05, 4.69) is 52.4 Å². The Morgan fingerprint density at radius 1 is 0.933 bits per heavy atom. The fraction of sp³-hybridized carbons (Fsp3) is 0.250. The molecule has 3 aromatic rings. The van der Waals surface area contributed by atoms with E-state index < -0.39 is 0 Å². The zero-order valence-corrected chi connectivity index (χ0v) is 18.6. The lowest BCUT2D eigenvalue weighted by molar-refractivity contribution is 0.174. The Morgan fingerprint density at radius 3 is 2.50 bits per heavy atom. The van der Waals surface area contributed by atoms with Gasteiger partial charge in [0.25, 0.3) is 0 Å². The SMILES string of the molecule is CCOc1cc(CNc2ccc3c(c2)OCO3)c(Br)cc1OCc1ccc(C)cc1. The predicted molar refractivity (Wildman–Crippen MR) is 121 cm³/mol. The van der Waals surface area contributed by atoms with Gasteiger partial charge in [-0.1, -0.05) is 45.8 Å². The van der Waals surface area contributed by atoms with Crippen LogP contribution in [-0.2, 0) is 13.2 Å². The van der Waals surface area contributed by atoms with Crippen LogP contribution in [0.25, 0.3) is 0 Å². The smallest absolute Gasteiger partial charge is 0.231 e. The number of fused-ring (bicyclic) bond motifs is 1. The van der Waals surface area contributed by atoms with E-state index in [9.17, 15) is 0 Å². The van der Waals surface area contributed by atoms with Crippen molar-refractivity contribution in [3.63, 3.8) is 0 Å². The molecule has 0 amide bonds. The van der Waals surface area contributed by atoms with E-state index in [-0.39, 0.29) is 6.79 Å². The highest BCUT2D eigenvalue weighted by atomic mass is 79.9. The van der Waals surface area contributed by atoms with Crippen molar-refractivity contribution in [2.45, 2.75) is 27.0 Å². The van der Waals surface area contributed by atoms with Crippen molar-refractivity contribution in [1.82, 2.24) is 0 Å². The summed E-state index contributed by atoms with van der Waals surface area (Å²) in [6, 6.07) is 18.1. The molecule has 0 atom stereocenters. The molecule has 0 aliphatic carbocycles. The summed E-state index contributed by atoms with van der Waals surface area (Å²) >= 11 is 3.67. The van der Waals surface area contributed by atoms with E-state index >= 15 is 0 Å². The summed E-state index contributed by atoms with van der Waals surface area (Å²) in [4.78, 5) is 0. The van der Waals surface area contributed by atoms with Gasteiger partial charge in [0.15, 0.2) is 23.0 Å². The second kappa shape index (κ2) is 9.30. The highest BCUT2D eigenvalue weighted by Crippen LogP contribution is 2.36. The van der Waals surface area contributed by atoms with Gasteiger partial charge in [0, 0.05) is 22.8 Å². The number of hydrogen-bond acceptors (Lipinski definition) is 5. The third-order valence-corrected chi connectivity index (χ3v) is 5.52. The van der Waals surface area contributed by atoms with Gasteiger partial charge in [-0.2, -0.15) is 0 Å². The molecule has 6 heteroatoms. The van der Waals surface area contributed by atoms with Crippen LogP contribution in [0.4, 0.5) is 5.69 Å². The summed E-state index contributed by atoms with van der Waals surface area (Å²) in [5.74, 6) is 2.98. The molecule has 0 saturated heterocycles. The minimum absolute atomic E-state index is 0.270. The summed E-state index contributed by atoms with van der Waals surface area (Å²) < 4.78 is 23.7. The maximum absolute atomic E-state index is 6.06. The second-order valence-electron chi connectivity index (χ2n) is 7.02. The molecule has 0 fully saturated rings. The number of anilines is 1. The maximum Gasteiger partial charge on any atom is 0.231 e. The lowest BCUT2D eigenvalue weighted by atomic mass is 10.1. The topological polar surface area (TPSA) is 49.0 Å². The Kier molecular flexibility index (Phi) is 6.33. The Balaban J connectivity index is 1.47. The number of benzene rings is 3. The molecule has 0 unspecified atom stereocenters. The molecule has 3 aromatic carbocycles. The number of rotatable bonds is 8. The second-order valence-corrected chi connectivity index (χ2v) is 7.87. The van der Waals surface area contributed by atoms with E-state index in [1.54, 1.807) is 0 Å². The summed E-state index contributed by atoms with van der Waals surface area (Å²) in [6.07, 6.45) is 0. The Bertz CT molecular complexity index is 1020. The van der Waals surface area contributed by atoms with Crippen LogP contribution in [0, 0.1) is 6.92 Å². The van der Waals surface area contributed by atoms with Crippen LogP contribution in [0.15, 0.2) is 59.1 Å². The van der Waals surface area contributed by atoms with Gasteiger partial charge < -0.3 is 24.3 Å². The Labute approximate surface area is 185 Å². The molecule has 1 aliphatic heterocycles. The first-order valence-electron chi connectivity index (χ1n) is 9.89. The summed E-state index contributed by atoms with van der Waals surface area (Å²) in [6.45, 7) is 5.99. The zero-order valence-electron chi connectivity index (χ0n) is 17.0. The van der Waals surface area contributed by atoms with Crippen molar-refractivity contribution in [2.24, 2.45) is 0 Å².